The van der Waals surface area contributed by atoms with Crippen molar-refractivity contribution in [2.75, 3.05) is 16.3 Å². The number of phenols is 1. The largest absolute Gasteiger partial charge is 0.506 e. The Morgan fingerprint density at radius 2 is 2.00 bits per heavy atom. The van der Waals surface area contributed by atoms with Gasteiger partial charge in [0.2, 0.25) is 15.9 Å². The monoisotopic (exact) mass is 383 g/mol. The minimum absolute atomic E-state index is 0.0857. The molecule has 1 aliphatic heterocycles. The van der Waals surface area contributed by atoms with Crippen LogP contribution in [0.4, 0.5) is 11.4 Å². The Kier molecular flexibility index (Phi) is 4.00. The molecule has 0 spiro atoms. The topological polar surface area (TPSA) is 108 Å². The van der Waals surface area contributed by atoms with Gasteiger partial charge in [0.25, 0.3) is 0 Å². The Bertz CT molecular complexity index is 1170. The number of benzene rings is 2. The number of hydrogen-bond acceptors (Lipinski definition) is 5. The van der Waals surface area contributed by atoms with Crippen molar-refractivity contribution in [3.05, 3.63) is 59.8 Å². The van der Waals surface area contributed by atoms with Crippen molar-refractivity contribution in [2.45, 2.75) is 12.3 Å². The summed E-state index contributed by atoms with van der Waals surface area (Å²) in [5.74, 6) is -0.379. The van der Waals surface area contributed by atoms with Gasteiger partial charge >= 0.3 is 0 Å². The Balaban J connectivity index is 1.79. The molecule has 1 amide bonds. The normalized spacial score (nSPS) is 16.6. The summed E-state index contributed by atoms with van der Waals surface area (Å²) >= 11 is 0. The molecule has 3 aromatic rings. The van der Waals surface area contributed by atoms with Crippen LogP contribution >= 0.6 is 0 Å². The lowest BCUT2D eigenvalue weighted by atomic mass is 9.87. The van der Waals surface area contributed by atoms with Gasteiger partial charge in [0.05, 0.1) is 11.9 Å². The molecule has 0 saturated heterocycles. The van der Waals surface area contributed by atoms with Gasteiger partial charge in [-0.2, -0.15) is 0 Å². The van der Waals surface area contributed by atoms with E-state index in [2.05, 4.69) is 15.0 Å². The molecule has 138 valence electrons. The maximum atomic E-state index is 12.2. The van der Waals surface area contributed by atoms with Crippen molar-refractivity contribution in [1.82, 2.24) is 4.98 Å². The average molecular weight is 383 g/mol. The van der Waals surface area contributed by atoms with Crippen LogP contribution in [0, 0.1) is 0 Å². The molecule has 3 N–H and O–H groups in total. The summed E-state index contributed by atoms with van der Waals surface area (Å²) in [6.45, 7) is 0. The van der Waals surface area contributed by atoms with Gasteiger partial charge in [-0.1, -0.05) is 24.3 Å². The van der Waals surface area contributed by atoms with E-state index in [1.54, 1.807) is 30.3 Å². The zero-order valence-corrected chi connectivity index (χ0v) is 15.2. The number of amides is 1. The number of phenolic OH excluding ortho intramolecular Hbond substituents is 1. The second kappa shape index (κ2) is 6.24. The van der Waals surface area contributed by atoms with Gasteiger partial charge in [0, 0.05) is 29.1 Å². The quantitative estimate of drug-likeness (QED) is 0.644. The minimum Gasteiger partial charge on any atom is -0.506 e. The van der Waals surface area contributed by atoms with E-state index in [9.17, 15) is 18.3 Å². The van der Waals surface area contributed by atoms with Gasteiger partial charge < -0.3 is 10.4 Å². The van der Waals surface area contributed by atoms with Crippen LogP contribution in [-0.4, -0.2) is 30.7 Å². The third kappa shape index (κ3) is 3.43. The van der Waals surface area contributed by atoms with Gasteiger partial charge in [-0.25, -0.2) is 13.4 Å². The highest BCUT2D eigenvalue weighted by Gasteiger charge is 2.28. The Hall–Kier alpha value is -3.13. The highest BCUT2D eigenvalue weighted by molar-refractivity contribution is 7.92. The molecule has 2 aromatic carbocycles. The maximum Gasteiger partial charge on any atom is 0.229 e. The van der Waals surface area contributed by atoms with Crippen LogP contribution in [0.1, 0.15) is 23.6 Å². The molecular formula is C19H17N3O4S. The zero-order valence-electron chi connectivity index (χ0n) is 14.4. The first-order chi connectivity index (χ1) is 12.8. The molecule has 0 unspecified atom stereocenters. The van der Waals surface area contributed by atoms with Crippen LogP contribution in [0.3, 0.4) is 0 Å². The highest BCUT2D eigenvalue weighted by atomic mass is 32.2. The first kappa shape index (κ1) is 17.3. The Morgan fingerprint density at radius 3 is 2.78 bits per heavy atom. The van der Waals surface area contributed by atoms with E-state index in [0.717, 1.165) is 17.2 Å². The third-order valence-electron chi connectivity index (χ3n) is 4.47. The molecule has 2 heterocycles. The second-order valence-corrected chi connectivity index (χ2v) is 8.31. The summed E-state index contributed by atoms with van der Waals surface area (Å²) in [6.07, 6.45) is 1.29. The van der Waals surface area contributed by atoms with Crippen LogP contribution in [0.25, 0.3) is 10.9 Å². The maximum absolute atomic E-state index is 12.2. The number of rotatable bonds is 3. The standard InChI is InChI=1S/C19H17N3O4S/c1-27(25,26)22-12-6-7-13-14(10-18(24)20-16(13)9-12)15-8-5-11-3-2-4-17(23)19(11)21-15/h2-9,14,22-23H,10H2,1H3,(H,20,24)/t14-/m1/s1. The number of fused-ring (bicyclic) bond motifs is 2. The number of pyridine rings is 1. The fourth-order valence-electron chi connectivity index (χ4n) is 3.35. The number of carbonyl (C=O) groups excluding carboxylic acids is 1. The van der Waals surface area contributed by atoms with Gasteiger partial charge in [0.15, 0.2) is 0 Å². The summed E-state index contributed by atoms with van der Waals surface area (Å²) in [4.78, 5) is 16.8. The number of aromatic nitrogens is 1. The number of aromatic hydroxyl groups is 1. The molecule has 0 bridgehead atoms. The van der Waals surface area contributed by atoms with Crippen LogP contribution in [0.5, 0.6) is 5.75 Å². The first-order valence-electron chi connectivity index (χ1n) is 8.30. The lowest BCUT2D eigenvalue weighted by Crippen LogP contribution is -2.24. The van der Waals surface area contributed by atoms with Gasteiger partial charge in [-0.15, -0.1) is 0 Å². The number of sulfonamides is 1. The highest BCUT2D eigenvalue weighted by Crippen LogP contribution is 2.38. The molecule has 0 fully saturated rings. The molecular weight excluding hydrogens is 366 g/mol. The lowest BCUT2D eigenvalue weighted by Gasteiger charge is -2.26. The SMILES string of the molecule is CS(=O)(=O)Nc1ccc2c(c1)NC(=O)C[C@H]2c1ccc2cccc(O)c2n1. The minimum atomic E-state index is -3.41. The van der Waals surface area contributed by atoms with Crippen LogP contribution in [0.15, 0.2) is 48.5 Å². The third-order valence-corrected chi connectivity index (χ3v) is 5.08. The molecule has 7 nitrogen and oxygen atoms in total. The van der Waals surface area contributed by atoms with Crippen molar-refractivity contribution >= 4 is 38.2 Å². The fourth-order valence-corrected chi connectivity index (χ4v) is 3.90. The summed E-state index contributed by atoms with van der Waals surface area (Å²) in [5.41, 5.74) is 2.92. The van der Waals surface area contributed by atoms with Crippen molar-refractivity contribution < 1.29 is 18.3 Å². The number of nitrogens with zero attached hydrogens (tertiary/aromatic N) is 1. The summed E-state index contributed by atoms with van der Waals surface area (Å²) < 4.78 is 25.3. The van der Waals surface area contributed by atoms with E-state index in [1.807, 2.05) is 18.2 Å². The predicted molar refractivity (Wildman–Crippen MR) is 103 cm³/mol. The number of anilines is 2. The molecule has 1 aromatic heterocycles. The molecule has 8 heteroatoms. The number of hydrogen-bond donors (Lipinski definition) is 3. The molecule has 0 saturated carbocycles. The molecule has 1 atom stereocenters. The second-order valence-electron chi connectivity index (χ2n) is 6.57. The van der Waals surface area contributed by atoms with E-state index in [-0.39, 0.29) is 24.0 Å². The fraction of sp³-hybridized carbons (Fsp3) is 0.158. The lowest BCUT2D eigenvalue weighted by molar-refractivity contribution is -0.116. The molecule has 27 heavy (non-hydrogen) atoms. The zero-order chi connectivity index (χ0) is 19.2. The number of nitrogens with one attached hydrogen (secondary N) is 2. The van der Waals surface area contributed by atoms with Crippen LogP contribution in [0.2, 0.25) is 0 Å². The van der Waals surface area contributed by atoms with Gasteiger partial charge in [-0.3, -0.25) is 9.52 Å². The number of carbonyl (C=O) groups is 1. The van der Waals surface area contributed by atoms with Gasteiger partial charge in [0.1, 0.15) is 11.3 Å². The summed E-state index contributed by atoms with van der Waals surface area (Å²) in [6, 6.07) is 13.9. The van der Waals surface area contributed by atoms with E-state index >= 15 is 0 Å². The van der Waals surface area contributed by atoms with Crippen LogP contribution < -0.4 is 10.0 Å². The van der Waals surface area contributed by atoms with Crippen molar-refractivity contribution in [1.29, 1.82) is 0 Å². The van der Waals surface area contributed by atoms with Crippen molar-refractivity contribution in [3.8, 4) is 5.75 Å². The predicted octanol–water partition coefficient (Wildman–Crippen LogP) is 2.79. The van der Waals surface area contributed by atoms with Crippen molar-refractivity contribution in [3.63, 3.8) is 0 Å². The van der Waals surface area contributed by atoms with Crippen LogP contribution in [-0.2, 0) is 14.8 Å². The first-order valence-corrected chi connectivity index (χ1v) is 10.2. The van der Waals surface area contributed by atoms with Crippen molar-refractivity contribution in [2.24, 2.45) is 0 Å². The van der Waals surface area contributed by atoms with E-state index in [4.69, 9.17) is 0 Å². The smallest absolute Gasteiger partial charge is 0.229 e. The Labute approximate surface area is 156 Å². The summed E-state index contributed by atoms with van der Waals surface area (Å²) in [5, 5.41) is 13.7. The molecule has 0 radical (unpaired) electrons. The van der Waals surface area contributed by atoms with E-state index in [1.165, 1.54) is 0 Å². The average Bonchev–Trinajstić information content (AvgIpc) is 2.59. The summed E-state index contributed by atoms with van der Waals surface area (Å²) in [7, 11) is -3.41. The van der Waals surface area contributed by atoms with E-state index < -0.39 is 10.0 Å². The van der Waals surface area contributed by atoms with E-state index in [0.29, 0.717) is 22.6 Å². The number of para-hydroxylation sites is 1. The van der Waals surface area contributed by atoms with Gasteiger partial charge in [-0.05, 0) is 29.8 Å². The Morgan fingerprint density at radius 1 is 1.19 bits per heavy atom. The molecule has 0 aliphatic carbocycles. The molecule has 1 aliphatic rings. The molecule has 4 rings (SSSR count).